The van der Waals surface area contributed by atoms with Crippen LogP contribution in [-0.2, 0) is 6.61 Å². The Hall–Kier alpha value is -2.86. The van der Waals surface area contributed by atoms with Crippen LogP contribution in [0.4, 0.5) is 4.39 Å². The van der Waals surface area contributed by atoms with Gasteiger partial charge in [0.15, 0.2) is 11.5 Å². The van der Waals surface area contributed by atoms with Gasteiger partial charge in [0, 0.05) is 28.0 Å². The summed E-state index contributed by atoms with van der Waals surface area (Å²) in [5.74, 6) is 0.805. The minimum absolute atomic E-state index is 0.114. The van der Waals surface area contributed by atoms with Crippen LogP contribution in [0.25, 0.3) is 16.9 Å². The molecule has 0 atom stereocenters. The Bertz CT molecular complexity index is 1080. The van der Waals surface area contributed by atoms with Gasteiger partial charge >= 0.3 is 0 Å². The monoisotopic (exact) mass is 426 g/mol. The molecule has 0 saturated carbocycles. The van der Waals surface area contributed by atoms with Crippen molar-refractivity contribution in [2.24, 2.45) is 0 Å². The maximum Gasteiger partial charge on any atom is 0.161 e. The second-order valence-corrected chi connectivity index (χ2v) is 6.90. The molecule has 0 N–H and O–H groups in total. The first-order valence-electron chi connectivity index (χ1n) is 8.33. The van der Waals surface area contributed by atoms with Gasteiger partial charge in [0.2, 0.25) is 0 Å². The van der Waals surface area contributed by atoms with Gasteiger partial charge in [-0.2, -0.15) is 0 Å². The molecule has 0 amide bonds. The van der Waals surface area contributed by atoms with E-state index in [1.807, 2.05) is 53.2 Å². The van der Waals surface area contributed by atoms with Crippen molar-refractivity contribution in [3.8, 4) is 22.8 Å². The topological polar surface area (TPSA) is 35.8 Å². The fraction of sp³-hybridized carbons (Fsp3) is 0.0952. The molecule has 0 unspecified atom stereocenters. The normalized spacial score (nSPS) is 10.9. The van der Waals surface area contributed by atoms with Crippen LogP contribution in [-0.4, -0.2) is 16.5 Å². The average molecular weight is 427 g/mol. The second-order valence-electron chi connectivity index (χ2n) is 5.98. The van der Waals surface area contributed by atoms with Crippen molar-refractivity contribution in [1.29, 1.82) is 0 Å². The summed E-state index contributed by atoms with van der Waals surface area (Å²) in [6.07, 6.45) is 3.91. The van der Waals surface area contributed by atoms with Crippen LogP contribution in [0.1, 0.15) is 5.56 Å². The van der Waals surface area contributed by atoms with E-state index >= 15 is 0 Å². The number of halogens is 2. The lowest BCUT2D eigenvalue weighted by atomic mass is 10.1. The highest BCUT2D eigenvalue weighted by Gasteiger charge is 2.11. The lowest BCUT2D eigenvalue weighted by molar-refractivity contribution is 0.280. The van der Waals surface area contributed by atoms with E-state index in [2.05, 4.69) is 20.9 Å². The van der Waals surface area contributed by atoms with E-state index in [1.165, 1.54) is 6.07 Å². The first-order valence-corrected chi connectivity index (χ1v) is 9.12. The molecule has 6 heteroatoms. The summed E-state index contributed by atoms with van der Waals surface area (Å²) in [4.78, 5) is 4.61. The number of pyridine rings is 1. The van der Waals surface area contributed by atoms with Crippen LogP contribution >= 0.6 is 15.9 Å². The summed E-state index contributed by atoms with van der Waals surface area (Å²) in [5, 5.41) is 0. The van der Waals surface area contributed by atoms with Gasteiger partial charge in [0.25, 0.3) is 0 Å². The highest BCUT2D eigenvalue weighted by Crippen LogP contribution is 2.33. The lowest BCUT2D eigenvalue weighted by Crippen LogP contribution is -2.00. The van der Waals surface area contributed by atoms with Crippen molar-refractivity contribution in [3.63, 3.8) is 0 Å². The number of rotatable bonds is 5. The fourth-order valence-electron chi connectivity index (χ4n) is 2.81. The van der Waals surface area contributed by atoms with Gasteiger partial charge in [-0.25, -0.2) is 9.37 Å². The summed E-state index contributed by atoms with van der Waals surface area (Å²) in [6.45, 7) is 0.114. The van der Waals surface area contributed by atoms with Gasteiger partial charge in [0.1, 0.15) is 18.1 Å². The third kappa shape index (κ3) is 3.66. The molecule has 0 radical (unpaired) electrons. The van der Waals surface area contributed by atoms with E-state index in [1.54, 1.807) is 19.2 Å². The predicted molar refractivity (Wildman–Crippen MR) is 106 cm³/mol. The predicted octanol–water partition coefficient (Wildman–Crippen LogP) is 5.49. The van der Waals surface area contributed by atoms with Gasteiger partial charge in [-0.3, -0.25) is 0 Å². The number of ether oxygens (including phenoxy) is 2. The fourth-order valence-corrected chi connectivity index (χ4v) is 3.15. The summed E-state index contributed by atoms with van der Waals surface area (Å²) in [6, 6.07) is 16.3. The number of hydrogen-bond donors (Lipinski definition) is 0. The summed E-state index contributed by atoms with van der Waals surface area (Å²) < 4.78 is 27.9. The molecule has 27 heavy (non-hydrogen) atoms. The molecule has 0 spiro atoms. The van der Waals surface area contributed by atoms with E-state index in [0.717, 1.165) is 16.9 Å². The molecule has 4 rings (SSSR count). The standard InChI is InChI=1S/C21H16BrFN2O2/c1-26-20-10-14(18-12-25-9-3-2-4-21(25)24-18)6-8-19(20)27-13-15-5-7-16(22)11-17(15)23/h2-12H,13H2,1H3. The number of benzene rings is 2. The molecule has 0 bridgehead atoms. The molecule has 0 saturated heterocycles. The highest BCUT2D eigenvalue weighted by atomic mass is 79.9. The van der Waals surface area contributed by atoms with Crippen molar-refractivity contribution >= 4 is 21.6 Å². The van der Waals surface area contributed by atoms with E-state index in [4.69, 9.17) is 9.47 Å². The molecule has 2 heterocycles. The lowest BCUT2D eigenvalue weighted by Gasteiger charge is -2.12. The van der Waals surface area contributed by atoms with E-state index in [-0.39, 0.29) is 12.4 Å². The van der Waals surface area contributed by atoms with Crippen molar-refractivity contribution in [2.75, 3.05) is 7.11 Å². The minimum atomic E-state index is -0.315. The van der Waals surface area contributed by atoms with Crippen molar-refractivity contribution in [2.45, 2.75) is 6.61 Å². The maximum atomic E-state index is 14.0. The SMILES string of the molecule is COc1cc(-c2cn3ccccc3n2)ccc1OCc1ccc(Br)cc1F. The van der Waals surface area contributed by atoms with Crippen LogP contribution in [0.3, 0.4) is 0 Å². The molecule has 0 aliphatic carbocycles. The third-order valence-corrected chi connectivity index (χ3v) is 4.71. The summed E-state index contributed by atoms with van der Waals surface area (Å²) >= 11 is 3.25. The zero-order chi connectivity index (χ0) is 18.8. The first-order chi connectivity index (χ1) is 13.1. The van der Waals surface area contributed by atoms with Crippen LogP contribution in [0.2, 0.25) is 0 Å². The minimum Gasteiger partial charge on any atom is -0.493 e. The molecule has 0 fully saturated rings. The Morgan fingerprint density at radius 1 is 1.07 bits per heavy atom. The van der Waals surface area contributed by atoms with Crippen molar-refractivity contribution < 1.29 is 13.9 Å². The smallest absolute Gasteiger partial charge is 0.161 e. The van der Waals surface area contributed by atoms with Crippen LogP contribution < -0.4 is 9.47 Å². The quantitative estimate of drug-likeness (QED) is 0.423. The molecule has 0 aliphatic heterocycles. The Labute approximate surface area is 164 Å². The average Bonchev–Trinajstić information content (AvgIpc) is 3.11. The summed E-state index contributed by atoms with van der Waals surface area (Å²) in [7, 11) is 1.58. The van der Waals surface area contributed by atoms with Gasteiger partial charge < -0.3 is 13.9 Å². The van der Waals surface area contributed by atoms with Crippen molar-refractivity contribution in [1.82, 2.24) is 9.38 Å². The number of fused-ring (bicyclic) bond motifs is 1. The highest BCUT2D eigenvalue weighted by molar-refractivity contribution is 9.10. The Kier molecular flexibility index (Phi) is 4.81. The van der Waals surface area contributed by atoms with Gasteiger partial charge in [-0.05, 0) is 42.5 Å². The second kappa shape index (κ2) is 7.40. The van der Waals surface area contributed by atoms with Crippen molar-refractivity contribution in [3.05, 3.63) is 82.8 Å². The van der Waals surface area contributed by atoms with Crippen LogP contribution in [0.5, 0.6) is 11.5 Å². The Balaban J connectivity index is 1.59. The van der Waals surface area contributed by atoms with E-state index in [9.17, 15) is 4.39 Å². The number of aromatic nitrogens is 2. The molecule has 2 aromatic carbocycles. The molecular formula is C21H16BrFN2O2. The number of methoxy groups -OCH3 is 1. The van der Waals surface area contributed by atoms with Gasteiger partial charge in [-0.1, -0.05) is 28.1 Å². The van der Waals surface area contributed by atoms with E-state index in [0.29, 0.717) is 21.5 Å². The van der Waals surface area contributed by atoms with Gasteiger partial charge in [-0.15, -0.1) is 0 Å². The molecule has 136 valence electrons. The molecule has 0 aliphatic rings. The largest absolute Gasteiger partial charge is 0.493 e. The zero-order valence-electron chi connectivity index (χ0n) is 14.5. The maximum absolute atomic E-state index is 14.0. The molecule has 4 aromatic rings. The van der Waals surface area contributed by atoms with E-state index < -0.39 is 0 Å². The van der Waals surface area contributed by atoms with Gasteiger partial charge in [0.05, 0.1) is 12.8 Å². The number of imidazole rings is 1. The van der Waals surface area contributed by atoms with Crippen LogP contribution in [0.15, 0.2) is 71.5 Å². The zero-order valence-corrected chi connectivity index (χ0v) is 16.1. The molecule has 4 nitrogen and oxygen atoms in total. The third-order valence-electron chi connectivity index (χ3n) is 4.22. The molecule has 2 aromatic heterocycles. The Morgan fingerprint density at radius 2 is 1.96 bits per heavy atom. The number of nitrogens with zero attached hydrogens (tertiary/aromatic N) is 2. The van der Waals surface area contributed by atoms with Crippen LogP contribution in [0, 0.1) is 5.82 Å². The Morgan fingerprint density at radius 3 is 2.74 bits per heavy atom. The first kappa shape index (κ1) is 17.5. The number of hydrogen-bond acceptors (Lipinski definition) is 3. The molecular weight excluding hydrogens is 411 g/mol. The summed E-state index contributed by atoms with van der Waals surface area (Å²) in [5.41, 5.74) is 3.10.